The molecule has 0 saturated heterocycles. The van der Waals surface area contributed by atoms with E-state index in [1.54, 1.807) is 0 Å². The number of aliphatic hydroxyl groups excluding tert-OH is 1. The molecule has 0 heterocycles. The standard InChI is InChI=1S/C82H160O17P2/c1-9-74(7)60-52-44-36-28-22-15-11-13-17-24-30-38-46-54-62-79(84)92-68-77(98-81(86)64-56-48-39-31-25-18-14-12-16-23-29-37-45-53-61-75(8)10-2)70-96-100(88,89)94-66-76(83)67-95-101(90,91)97-71-78(69-93-80(85)63-55-47-41-33-35-43-51-59-73(5)6)99-82(87)65-57-49-40-32-26-20-19-21-27-34-42-50-58-72(3)4/h72-78,83H,9-71H2,1-8H3,(H,88,89)(H,90,91)/t74?,75?,76?,77-,78-/m1/s1. The van der Waals surface area contributed by atoms with Crippen LogP contribution in [0.15, 0.2) is 0 Å². The summed E-state index contributed by atoms with van der Waals surface area (Å²) < 4.78 is 68.8. The van der Waals surface area contributed by atoms with Crippen LogP contribution in [0, 0.1) is 23.7 Å². The lowest BCUT2D eigenvalue weighted by atomic mass is 9.99. The number of esters is 4. The zero-order chi connectivity index (χ0) is 74.6. The summed E-state index contributed by atoms with van der Waals surface area (Å²) >= 11 is 0. The van der Waals surface area contributed by atoms with Gasteiger partial charge in [0.1, 0.15) is 19.3 Å². The Morgan fingerprint density at radius 2 is 0.475 bits per heavy atom. The number of carbonyl (C=O) groups excluding carboxylic acids is 4. The highest BCUT2D eigenvalue weighted by molar-refractivity contribution is 7.47. The van der Waals surface area contributed by atoms with E-state index in [1.165, 1.54) is 218 Å². The highest BCUT2D eigenvalue weighted by Gasteiger charge is 2.30. The van der Waals surface area contributed by atoms with Gasteiger partial charge in [-0.2, -0.15) is 0 Å². The molecule has 17 nitrogen and oxygen atoms in total. The van der Waals surface area contributed by atoms with Crippen molar-refractivity contribution in [1.82, 2.24) is 0 Å². The van der Waals surface area contributed by atoms with Gasteiger partial charge >= 0.3 is 39.5 Å². The van der Waals surface area contributed by atoms with Crippen LogP contribution in [0.3, 0.4) is 0 Å². The number of phosphoric acid groups is 2. The second kappa shape index (κ2) is 71.0. The van der Waals surface area contributed by atoms with Crippen LogP contribution >= 0.6 is 15.6 Å². The summed E-state index contributed by atoms with van der Waals surface area (Å²) in [4.78, 5) is 73.1. The minimum atomic E-state index is -4.96. The van der Waals surface area contributed by atoms with E-state index >= 15 is 0 Å². The number of ether oxygens (including phenoxy) is 4. The lowest BCUT2D eigenvalue weighted by Gasteiger charge is -2.21. The van der Waals surface area contributed by atoms with Gasteiger partial charge in [0.2, 0.25) is 0 Å². The Balaban J connectivity index is 5.25. The first-order chi connectivity index (χ1) is 48.7. The van der Waals surface area contributed by atoms with Gasteiger partial charge in [-0.1, -0.05) is 370 Å². The fraction of sp³-hybridized carbons (Fsp3) is 0.951. The van der Waals surface area contributed by atoms with Crippen LogP contribution in [0.5, 0.6) is 0 Å². The summed E-state index contributed by atoms with van der Waals surface area (Å²) in [5, 5.41) is 10.6. The van der Waals surface area contributed by atoms with Crippen LogP contribution in [-0.2, 0) is 65.4 Å². The lowest BCUT2D eigenvalue weighted by Crippen LogP contribution is -2.30. The quantitative estimate of drug-likeness (QED) is 0.0222. The van der Waals surface area contributed by atoms with Crippen LogP contribution in [0.1, 0.15) is 421 Å². The van der Waals surface area contributed by atoms with Crippen molar-refractivity contribution in [3.05, 3.63) is 0 Å². The van der Waals surface area contributed by atoms with Crippen molar-refractivity contribution in [2.75, 3.05) is 39.6 Å². The number of unbranched alkanes of at least 4 members (excludes halogenated alkanes) is 43. The number of aliphatic hydroxyl groups is 1. The highest BCUT2D eigenvalue weighted by Crippen LogP contribution is 2.45. The van der Waals surface area contributed by atoms with Gasteiger partial charge in [0.25, 0.3) is 0 Å². The fourth-order valence-electron chi connectivity index (χ4n) is 12.5. The summed E-state index contributed by atoms with van der Waals surface area (Å²) in [6.07, 6.45) is 58.2. The zero-order valence-corrected chi connectivity index (χ0v) is 68.3. The van der Waals surface area contributed by atoms with Crippen molar-refractivity contribution in [3.63, 3.8) is 0 Å². The number of hydrogen-bond donors (Lipinski definition) is 3. The van der Waals surface area contributed by atoms with Crippen LogP contribution in [0.2, 0.25) is 0 Å². The molecule has 3 N–H and O–H groups in total. The van der Waals surface area contributed by atoms with Crippen molar-refractivity contribution in [1.29, 1.82) is 0 Å². The zero-order valence-electron chi connectivity index (χ0n) is 66.5. The summed E-state index contributed by atoms with van der Waals surface area (Å²) in [6.45, 7) is 14.3. The second-order valence-electron chi connectivity index (χ2n) is 31.0. The molecule has 0 radical (unpaired) electrons. The minimum absolute atomic E-state index is 0.106. The molecule has 0 rings (SSSR count). The first kappa shape index (κ1) is 99.1. The average molecular weight is 1480 g/mol. The molecule has 7 atom stereocenters. The fourth-order valence-corrected chi connectivity index (χ4v) is 14.1. The maximum absolute atomic E-state index is 13.1. The van der Waals surface area contributed by atoms with Gasteiger partial charge in [-0.15, -0.1) is 0 Å². The number of hydrogen-bond acceptors (Lipinski definition) is 15. The Morgan fingerprint density at radius 3 is 0.703 bits per heavy atom. The maximum Gasteiger partial charge on any atom is 0.472 e. The lowest BCUT2D eigenvalue weighted by molar-refractivity contribution is -0.161. The first-order valence-corrected chi connectivity index (χ1v) is 45.3. The number of carbonyl (C=O) groups is 4. The Hall–Kier alpha value is -1.94. The van der Waals surface area contributed by atoms with Gasteiger partial charge in [0.05, 0.1) is 26.4 Å². The van der Waals surface area contributed by atoms with Crippen molar-refractivity contribution in [2.24, 2.45) is 23.7 Å². The van der Waals surface area contributed by atoms with Crippen molar-refractivity contribution in [2.45, 2.75) is 440 Å². The van der Waals surface area contributed by atoms with Crippen LogP contribution < -0.4 is 0 Å². The van der Waals surface area contributed by atoms with E-state index in [1.807, 2.05) is 0 Å². The molecule has 0 aliphatic heterocycles. The first-order valence-electron chi connectivity index (χ1n) is 42.3. The van der Waals surface area contributed by atoms with Gasteiger partial charge in [-0.25, -0.2) is 9.13 Å². The largest absolute Gasteiger partial charge is 0.472 e. The molecule has 5 unspecified atom stereocenters. The molecule has 0 bridgehead atoms. The SMILES string of the molecule is CCC(C)CCCCCCCCCCCCCCCCC(=O)OC[C@H](COP(=O)(O)OCC(O)COP(=O)(O)OC[C@@H](COC(=O)CCCCCCCCCC(C)C)OC(=O)CCCCCCCCCCCCCCC(C)C)OC(=O)CCCCCCCCCCCCCCCCC(C)CC. The van der Waals surface area contributed by atoms with Crippen molar-refractivity contribution < 1.29 is 80.2 Å². The Morgan fingerprint density at radius 1 is 0.277 bits per heavy atom. The second-order valence-corrected chi connectivity index (χ2v) is 33.9. The third-order valence-corrected chi connectivity index (χ3v) is 21.7. The third kappa shape index (κ3) is 73.4. The Bertz CT molecular complexity index is 1980. The molecular formula is C82H160O17P2. The monoisotopic (exact) mass is 1480 g/mol. The molecule has 0 aliphatic rings. The minimum Gasteiger partial charge on any atom is -0.462 e. The van der Waals surface area contributed by atoms with Gasteiger partial charge in [-0.3, -0.25) is 37.3 Å². The van der Waals surface area contributed by atoms with Crippen molar-refractivity contribution >= 4 is 39.5 Å². The summed E-state index contributed by atoms with van der Waals surface area (Å²) in [5.74, 6) is 1.06. The Labute approximate surface area is 619 Å². The molecule has 0 spiro atoms. The molecule has 600 valence electrons. The van der Waals surface area contributed by atoms with E-state index in [4.69, 9.17) is 37.0 Å². The smallest absolute Gasteiger partial charge is 0.462 e. The van der Waals surface area contributed by atoms with E-state index in [-0.39, 0.29) is 25.7 Å². The summed E-state index contributed by atoms with van der Waals surface area (Å²) in [5.41, 5.74) is 0. The molecular weight excluding hydrogens is 1320 g/mol. The normalized spacial score (nSPS) is 14.5. The van der Waals surface area contributed by atoms with E-state index in [2.05, 4.69) is 55.4 Å². The molecule has 0 aromatic rings. The van der Waals surface area contributed by atoms with Gasteiger partial charge in [0, 0.05) is 25.7 Å². The molecule has 19 heteroatoms. The van der Waals surface area contributed by atoms with Crippen molar-refractivity contribution in [3.8, 4) is 0 Å². The van der Waals surface area contributed by atoms with Crippen LogP contribution in [-0.4, -0.2) is 96.7 Å². The van der Waals surface area contributed by atoms with Gasteiger partial charge in [-0.05, 0) is 49.4 Å². The molecule has 0 aromatic carbocycles. The molecule has 0 saturated carbocycles. The van der Waals surface area contributed by atoms with E-state index in [0.29, 0.717) is 31.6 Å². The molecule has 0 fully saturated rings. The van der Waals surface area contributed by atoms with Gasteiger partial charge in [0.15, 0.2) is 12.2 Å². The number of phosphoric ester groups is 2. The summed E-state index contributed by atoms with van der Waals surface area (Å²) in [7, 11) is -9.92. The topological polar surface area (TPSA) is 237 Å². The molecule has 101 heavy (non-hydrogen) atoms. The predicted molar refractivity (Wildman–Crippen MR) is 414 cm³/mol. The van der Waals surface area contributed by atoms with E-state index < -0.39 is 97.5 Å². The maximum atomic E-state index is 13.1. The average Bonchev–Trinajstić information content (AvgIpc) is 0.931. The van der Waals surface area contributed by atoms with Crippen LogP contribution in [0.25, 0.3) is 0 Å². The predicted octanol–water partition coefficient (Wildman–Crippen LogP) is 24.4. The summed E-state index contributed by atoms with van der Waals surface area (Å²) in [6, 6.07) is 0. The molecule has 0 amide bonds. The van der Waals surface area contributed by atoms with Gasteiger partial charge < -0.3 is 33.8 Å². The number of rotatable bonds is 79. The van der Waals surface area contributed by atoms with E-state index in [0.717, 1.165) is 114 Å². The third-order valence-electron chi connectivity index (χ3n) is 19.8. The van der Waals surface area contributed by atoms with E-state index in [9.17, 15) is 43.2 Å². The highest BCUT2D eigenvalue weighted by atomic mass is 31.2. The molecule has 0 aromatic heterocycles. The van der Waals surface area contributed by atoms with Crippen LogP contribution in [0.4, 0.5) is 0 Å². The molecule has 0 aliphatic carbocycles. The Kier molecular flexibility index (Phi) is 69.6.